The summed E-state index contributed by atoms with van der Waals surface area (Å²) in [5.41, 5.74) is 0. The summed E-state index contributed by atoms with van der Waals surface area (Å²) in [6.07, 6.45) is 4.94. The summed E-state index contributed by atoms with van der Waals surface area (Å²) in [6, 6.07) is 3.80. The van der Waals surface area contributed by atoms with E-state index in [1.807, 2.05) is 12.1 Å². The number of hydrogen-bond acceptors (Lipinski definition) is 4. The van der Waals surface area contributed by atoms with Crippen molar-refractivity contribution in [3.8, 4) is 0 Å². The average molecular weight is 480 g/mol. The number of guanidine groups is 1. The van der Waals surface area contributed by atoms with E-state index in [2.05, 4.69) is 41.3 Å². The van der Waals surface area contributed by atoms with Gasteiger partial charge in [-0.2, -0.15) is 0 Å². The monoisotopic (exact) mass is 480 g/mol. The fourth-order valence-electron chi connectivity index (χ4n) is 2.47. The van der Waals surface area contributed by atoms with Gasteiger partial charge in [0.15, 0.2) is 5.96 Å². The van der Waals surface area contributed by atoms with E-state index in [0.29, 0.717) is 13.2 Å². The smallest absolute Gasteiger partial charge is 0.191 e. The van der Waals surface area contributed by atoms with Crippen LogP contribution in [0, 0.1) is 0 Å². The third-order valence-corrected chi connectivity index (χ3v) is 3.97. The number of unbranched alkanes of at least 4 members (excludes halogenated alkanes) is 1. The molecular weight excluding hydrogens is 443 g/mol. The zero-order valence-electron chi connectivity index (χ0n) is 16.6. The highest BCUT2D eigenvalue weighted by Crippen LogP contribution is 2.01. The SMILES string of the molecule is CCNC(=NCCCOCc1ccco1)NCCCCN(CC)CC.I. The van der Waals surface area contributed by atoms with E-state index in [4.69, 9.17) is 9.15 Å². The summed E-state index contributed by atoms with van der Waals surface area (Å²) in [5.74, 6) is 1.76. The van der Waals surface area contributed by atoms with Gasteiger partial charge >= 0.3 is 0 Å². The van der Waals surface area contributed by atoms with Crippen LogP contribution in [0.2, 0.25) is 0 Å². The normalized spacial score (nSPS) is 11.5. The molecular formula is C19H37IN4O2. The molecule has 0 aliphatic rings. The average Bonchev–Trinajstić information content (AvgIpc) is 3.14. The molecule has 0 spiro atoms. The van der Waals surface area contributed by atoms with Gasteiger partial charge in [-0.25, -0.2) is 0 Å². The molecule has 0 saturated heterocycles. The zero-order chi connectivity index (χ0) is 18.2. The molecule has 0 aliphatic heterocycles. The van der Waals surface area contributed by atoms with E-state index in [1.54, 1.807) is 6.26 Å². The molecule has 1 aromatic rings. The van der Waals surface area contributed by atoms with E-state index >= 15 is 0 Å². The Balaban J connectivity index is 0.00000625. The third-order valence-electron chi connectivity index (χ3n) is 3.97. The molecule has 0 aromatic carbocycles. The van der Waals surface area contributed by atoms with Crippen LogP contribution in [0.3, 0.4) is 0 Å². The molecule has 7 heteroatoms. The molecule has 2 N–H and O–H groups in total. The van der Waals surface area contributed by atoms with Gasteiger partial charge in [0, 0.05) is 26.2 Å². The number of hydrogen-bond donors (Lipinski definition) is 2. The lowest BCUT2D eigenvalue weighted by Crippen LogP contribution is -2.38. The lowest BCUT2D eigenvalue weighted by molar-refractivity contribution is 0.105. The van der Waals surface area contributed by atoms with Gasteiger partial charge in [-0.15, -0.1) is 24.0 Å². The first-order chi connectivity index (χ1) is 12.3. The Hall–Kier alpha value is -0.800. The first-order valence-electron chi connectivity index (χ1n) is 9.64. The number of nitrogens with one attached hydrogen (secondary N) is 2. The molecule has 0 unspecified atom stereocenters. The zero-order valence-corrected chi connectivity index (χ0v) is 19.0. The van der Waals surface area contributed by atoms with Gasteiger partial charge in [0.25, 0.3) is 0 Å². The minimum atomic E-state index is 0. The minimum absolute atomic E-state index is 0. The fourth-order valence-corrected chi connectivity index (χ4v) is 2.47. The van der Waals surface area contributed by atoms with Gasteiger partial charge in [-0.1, -0.05) is 13.8 Å². The second-order valence-electron chi connectivity index (χ2n) is 5.91. The molecule has 0 fully saturated rings. The van der Waals surface area contributed by atoms with Gasteiger partial charge in [0.2, 0.25) is 0 Å². The second kappa shape index (κ2) is 17.6. The van der Waals surface area contributed by atoms with Crippen LogP contribution in [0.15, 0.2) is 27.8 Å². The molecule has 1 aromatic heterocycles. The highest BCUT2D eigenvalue weighted by Gasteiger charge is 2.00. The quantitative estimate of drug-likeness (QED) is 0.185. The number of furan rings is 1. The van der Waals surface area contributed by atoms with Crippen molar-refractivity contribution in [1.29, 1.82) is 0 Å². The molecule has 0 bridgehead atoms. The molecule has 0 radical (unpaired) electrons. The van der Waals surface area contributed by atoms with Crippen molar-refractivity contribution >= 4 is 29.9 Å². The highest BCUT2D eigenvalue weighted by molar-refractivity contribution is 14.0. The summed E-state index contributed by atoms with van der Waals surface area (Å²) in [5, 5.41) is 6.70. The number of nitrogens with zero attached hydrogens (tertiary/aromatic N) is 2. The highest BCUT2D eigenvalue weighted by atomic mass is 127. The van der Waals surface area contributed by atoms with Crippen molar-refractivity contribution in [3.05, 3.63) is 24.2 Å². The molecule has 0 aliphatic carbocycles. The maximum Gasteiger partial charge on any atom is 0.191 e. The summed E-state index contributed by atoms with van der Waals surface area (Å²) >= 11 is 0. The number of halogens is 1. The summed E-state index contributed by atoms with van der Waals surface area (Å²) in [6.45, 7) is 13.8. The number of aliphatic imine (C=N–C) groups is 1. The number of rotatable bonds is 14. The van der Waals surface area contributed by atoms with Crippen LogP contribution < -0.4 is 10.6 Å². The van der Waals surface area contributed by atoms with E-state index in [9.17, 15) is 0 Å². The van der Waals surface area contributed by atoms with Crippen molar-refractivity contribution in [2.24, 2.45) is 4.99 Å². The topological polar surface area (TPSA) is 62.0 Å². The molecule has 0 atom stereocenters. The van der Waals surface area contributed by atoms with Crippen molar-refractivity contribution in [3.63, 3.8) is 0 Å². The van der Waals surface area contributed by atoms with Crippen LogP contribution in [0.4, 0.5) is 0 Å². The Morgan fingerprint density at radius 2 is 1.96 bits per heavy atom. The fraction of sp³-hybridized carbons (Fsp3) is 0.737. The molecule has 0 amide bonds. The van der Waals surface area contributed by atoms with Crippen molar-refractivity contribution in [1.82, 2.24) is 15.5 Å². The Morgan fingerprint density at radius 1 is 1.15 bits per heavy atom. The summed E-state index contributed by atoms with van der Waals surface area (Å²) in [4.78, 5) is 7.05. The van der Waals surface area contributed by atoms with E-state index in [-0.39, 0.29) is 24.0 Å². The summed E-state index contributed by atoms with van der Waals surface area (Å²) < 4.78 is 10.8. The molecule has 1 rings (SSSR count). The Kier molecular flexibility index (Phi) is 17.1. The molecule has 0 saturated carbocycles. The Morgan fingerprint density at radius 3 is 2.62 bits per heavy atom. The first-order valence-corrected chi connectivity index (χ1v) is 9.64. The van der Waals surface area contributed by atoms with Gasteiger partial charge in [0.1, 0.15) is 12.4 Å². The van der Waals surface area contributed by atoms with Crippen LogP contribution in [0.1, 0.15) is 45.8 Å². The van der Waals surface area contributed by atoms with Gasteiger partial charge in [-0.3, -0.25) is 4.99 Å². The second-order valence-corrected chi connectivity index (χ2v) is 5.91. The molecule has 6 nitrogen and oxygen atoms in total. The van der Waals surface area contributed by atoms with E-state index in [0.717, 1.165) is 57.3 Å². The van der Waals surface area contributed by atoms with Gasteiger partial charge in [0.05, 0.1) is 6.26 Å². The lowest BCUT2D eigenvalue weighted by atomic mass is 10.3. The van der Waals surface area contributed by atoms with Crippen molar-refractivity contribution < 1.29 is 9.15 Å². The van der Waals surface area contributed by atoms with Crippen molar-refractivity contribution in [2.45, 2.75) is 46.6 Å². The summed E-state index contributed by atoms with van der Waals surface area (Å²) in [7, 11) is 0. The predicted molar refractivity (Wildman–Crippen MR) is 119 cm³/mol. The number of ether oxygens (including phenoxy) is 1. The van der Waals surface area contributed by atoms with Crippen LogP contribution >= 0.6 is 24.0 Å². The lowest BCUT2D eigenvalue weighted by Gasteiger charge is -2.18. The van der Waals surface area contributed by atoms with Crippen LogP contribution in [-0.4, -0.2) is 56.7 Å². The van der Waals surface area contributed by atoms with E-state index in [1.165, 1.54) is 13.0 Å². The van der Waals surface area contributed by atoms with Crippen LogP contribution in [0.5, 0.6) is 0 Å². The van der Waals surface area contributed by atoms with Crippen molar-refractivity contribution in [2.75, 3.05) is 45.9 Å². The van der Waals surface area contributed by atoms with Crippen LogP contribution in [-0.2, 0) is 11.3 Å². The van der Waals surface area contributed by atoms with Gasteiger partial charge in [-0.05, 0) is 58.0 Å². The molecule has 152 valence electrons. The Labute approximate surface area is 176 Å². The molecule has 1 heterocycles. The minimum Gasteiger partial charge on any atom is -0.467 e. The predicted octanol–water partition coefficient (Wildman–Crippen LogP) is 3.48. The third kappa shape index (κ3) is 12.5. The van der Waals surface area contributed by atoms with Crippen LogP contribution in [0.25, 0.3) is 0 Å². The standard InChI is InChI=1S/C19H36N4O2.HI/c1-4-20-19(21-12-7-8-14-23(5-2)6-3)22-13-10-15-24-17-18-11-9-16-25-18;/h9,11,16H,4-8,10,12-15,17H2,1-3H3,(H2,20,21,22);1H. The maximum absolute atomic E-state index is 5.57. The largest absolute Gasteiger partial charge is 0.467 e. The maximum atomic E-state index is 5.57. The first kappa shape index (κ1) is 25.2. The van der Waals surface area contributed by atoms with E-state index < -0.39 is 0 Å². The van der Waals surface area contributed by atoms with Gasteiger partial charge < -0.3 is 24.7 Å². The molecule has 26 heavy (non-hydrogen) atoms. The Bertz CT molecular complexity index is 437.